The number of hydrogen-bond donors (Lipinski definition) is 2. The fraction of sp³-hybridized carbons (Fsp3) is 0.475. The molecule has 2 heterocycles. The monoisotopic (exact) mass is 729 g/mol. The van der Waals surface area contributed by atoms with E-state index in [9.17, 15) is 14.4 Å². The number of alkyl carbamates (subject to hydrolysis) is 1. The van der Waals surface area contributed by atoms with Crippen LogP contribution in [0.1, 0.15) is 92.4 Å². The molecule has 1 saturated carbocycles. The molecule has 4 aromatic rings. The van der Waals surface area contributed by atoms with Gasteiger partial charge in [-0.3, -0.25) is 9.78 Å². The van der Waals surface area contributed by atoms with Gasteiger partial charge < -0.3 is 20.3 Å². The van der Waals surface area contributed by atoms with Crippen LogP contribution in [0.25, 0.3) is 0 Å². The molecule has 3 atom stereocenters. The standard InChI is InChI=1S/C40H51N5O4S2/c1-27(2)37(44-39(47)45(34-17-18-34)23-33-25-50-38(42-33)28(3)4)36(46)21-31(19-29-11-7-5-8-12-29)15-16-32(20-30-13-9-6-10-14-30)43-40(48)49-24-35-22-41-26-51-35/h5-14,22,25-28,31-32,34,37H,15-21,23-24H2,1-4H3,(H,43,48)(H,44,47)/t31-,32-,37+/m1/s1. The maximum atomic E-state index is 14.1. The summed E-state index contributed by atoms with van der Waals surface area (Å²) in [5, 5.41) is 9.34. The van der Waals surface area contributed by atoms with Gasteiger partial charge in [-0.2, -0.15) is 0 Å². The SMILES string of the molecule is CC(C)c1nc(CN(C(=O)N[C@H](C(=O)C[C@H](CC[C@H](Cc2ccccc2)NC(=O)OCc2cncs2)Cc2ccccc2)C(C)C)C2CC2)cs1. The highest BCUT2D eigenvalue weighted by Crippen LogP contribution is 2.30. The Morgan fingerprint density at radius 1 is 0.902 bits per heavy atom. The van der Waals surface area contributed by atoms with Crippen molar-refractivity contribution in [2.24, 2.45) is 11.8 Å². The number of hydrogen-bond acceptors (Lipinski definition) is 8. The molecule has 2 aromatic heterocycles. The Morgan fingerprint density at radius 2 is 1.59 bits per heavy atom. The molecule has 0 aliphatic heterocycles. The molecule has 2 N–H and O–H groups in total. The largest absolute Gasteiger partial charge is 0.444 e. The number of carbonyl (C=O) groups excluding carboxylic acids is 3. The Morgan fingerprint density at radius 3 is 2.18 bits per heavy atom. The minimum atomic E-state index is -0.612. The summed E-state index contributed by atoms with van der Waals surface area (Å²) in [6.07, 6.45) is 6.20. The smallest absolute Gasteiger partial charge is 0.407 e. The molecule has 1 fully saturated rings. The van der Waals surface area contributed by atoms with Crippen molar-refractivity contribution in [3.8, 4) is 0 Å². The molecule has 2 aromatic carbocycles. The van der Waals surface area contributed by atoms with Crippen LogP contribution < -0.4 is 10.6 Å². The zero-order chi connectivity index (χ0) is 36.2. The summed E-state index contributed by atoms with van der Waals surface area (Å²) < 4.78 is 5.52. The van der Waals surface area contributed by atoms with E-state index in [0.717, 1.165) is 46.0 Å². The summed E-state index contributed by atoms with van der Waals surface area (Å²) in [6, 6.07) is 19.5. The highest BCUT2D eigenvalue weighted by atomic mass is 32.1. The number of urea groups is 1. The molecule has 3 amide bonds. The summed E-state index contributed by atoms with van der Waals surface area (Å²) in [4.78, 5) is 52.4. The first-order valence-corrected chi connectivity index (χ1v) is 19.8. The molecule has 51 heavy (non-hydrogen) atoms. The highest BCUT2D eigenvalue weighted by molar-refractivity contribution is 7.09. The maximum absolute atomic E-state index is 14.1. The van der Waals surface area contributed by atoms with Crippen LogP contribution in [-0.4, -0.2) is 50.9 Å². The van der Waals surface area contributed by atoms with Crippen molar-refractivity contribution in [2.75, 3.05) is 0 Å². The van der Waals surface area contributed by atoms with Crippen LogP contribution in [0, 0.1) is 11.8 Å². The number of nitrogens with zero attached hydrogens (tertiary/aromatic N) is 3. The molecule has 0 saturated heterocycles. The van der Waals surface area contributed by atoms with Gasteiger partial charge in [0.2, 0.25) is 0 Å². The third-order valence-electron chi connectivity index (χ3n) is 9.19. The normalized spacial score (nSPS) is 14.5. The Hall–Kier alpha value is -4.09. The molecule has 1 aliphatic rings. The van der Waals surface area contributed by atoms with E-state index in [1.807, 2.05) is 60.5 Å². The first-order chi connectivity index (χ1) is 24.6. The molecular weight excluding hydrogens is 679 g/mol. The van der Waals surface area contributed by atoms with Gasteiger partial charge >= 0.3 is 12.1 Å². The minimum absolute atomic E-state index is 0.00957. The Kier molecular flexibility index (Phi) is 14.2. The first-order valence-electron chi connectivity index (χ1n) is 18.1. The number of benzene rings is 2. The highest BCUT2D eigenvalue weighted by Gasteiger charge is 2.36. The molecule has 1 aliphatic carbocycles. The summed E-state index contributed by atoms with van der Waals surface area (Å²) in [5.74, 6) is 0.302. The van der Waals surface area contributed by atoms with Gasteiger partial charge in [0.05, 0.1) is 33.7 Å². The van der Waals surface area contributed by atoms with E-state index in [0.29, 0.717) is 38.1 Å². The van der Waals surface area contributed by atoms with Crippen molar-refractivity contribution in [1.82, 2.24) is 25.5 Å². The number of thiazole rings is 2. The topological polar surface area (TPSA) is 114 Å². The second kappa shape index (κ2) is 18.9. The lowest BCUT2D eigenvalue weighted by atomic mass is 9.85. The van der Waals surface area contributed by atoms with Crippen LogP contribution in [0.4, 0.5) is 9.59 Å². The third kappa shape index (κ3) is 12.3. The van der Waals surface area contributed by atoms with E-state index in [-0.39, 0.29) is 42.3 Å². The van der Waals surface area contributed by atoms with Crippen molar-refractivity contribution < 1.29 is 19.1 Å². The van der Waals surface area contributed by atoms with E-state index in [1.165, 1.54) is 11.3 Å². The van der Waals surface area contributed by atoms with E-state index < -0.39 is 12.1 Å². The van der Waals surface area contributed by atoms with Crippen molar-refractivity contribution in [1.29, 1.82) is 0 Å². The van der Waals surface area contributed by atoms with Crippen LogP contribution in [0.5, 0.6) is 0 Å². The first kappa shape index (κ1) is 38.1. The number of aromatic nitrogens is 2. The Balaban J connectivity index is 1.26. The van der Waals surface area contributed by atoms with Gasteiger partial charge in [0, 0.05) is 36.0 Å². The van der Waals surface area contributed by atoms with Gasteiger partial charge in [-0.05, 0) is 61.5 Å². The average Bonchev–Trinajstić information content (AvgIpc) is 3.59. The summed E-state index contributed by atoms with van der Waals surface area (Å²) in [6.45, 7) is 8.84. The van der Waals surface area contributed by atoms with Crippen molar-refractivity contribution in [3.63, 3.8) is 0 Å². The summed E-state index contributed by atoms with van der Waals surface area (Å²) >= 11 is 3.07. The zero-order valence-corrected chi connectivity index (χ0v) is 31.8. The second-order valence-corrected chi connectivity index (χ2v) is 16.1. The van der Waals surface area contributed by atoms with Gasteiger partial charge in [0.1, 0.15) is 6.61 Å². The van der Waals surface area contributed by atoms with E-state index in [4.69, 9.17) is 9.72 Å². The van der Waals surface area contributed by atoms with Crippen LogP contribution in [0.2, 0.25) is 0 Å². The van der Waals surface area contributed by atoms with Gasteiger partial charge in [-0.1, -0.05) is 88.4 Å². The lowest BCUT2D eigenvalue weighted by molar-refractivity contribution is -0.122. The molecule has 9 nitrogen and oxygen atoms in total. The number of amides is 3. The molecule has 0 spiro atoms. The fourth-order valence-corrected chi connectivity index (χ4v) is 7.61. The molecule has 272 valence electrons. The fourth-order valence-electron chi connectivity index (χ4n) is 6.28. The Bertz CT molecular complexity index is 1660. The summed E-state index contributed by atoms with van der Waals surface area (Å²) in [7, 11) is 0. The molecule has 0 unspecified atom stereocenters. The van der Waals surface area contributed by atoms with Crippen molar-refractivity contribution in [2.45, 2.75) is 110 Å². The lowest BCUT2D eigenvalue weighted by Crippen LogP contribution is -2.51. The number of Topliss-reactive ketones (excluding diaryl/α,β-unsaturated/α-hetero) is 1. The molecule has 0 radical (unpaired) electrons. The Labute approximate surface area is 310 Å². The van der Waals surface area contributed by atoms with Crippen molar-refractivity contribution in [3.05, 3.63) is 104 Å². The predicted octanol–water partition coefficient (Wildman–Crippen LogP) is 8.56. The van der Waals surface area contributed by atoms with Crippen LogP contribution in [0.3, 0.4) is 0 Å². The molecule has 5 rings (SSSR count). The lowest BCUT2D eigenvalue weighted by Gasteiger charge is -2.29. The zero-order valence-electron chi connectivity index (χ0n) is 30.1. The van der Waals surface area contributed by atoms with Gasteiger partial charge in [-0.25, -0.2) is 14.6 Å². The van der Waals surface area contributed by atoms with Crippen LogP contribution >= 0.6 is 22.7 Å². The number of carbonyl (C=O) groups is 3. The van der Waals surface area contributed by atoms with Gasteiger partial charge in [-0.15, -0.1) is 22.7 Å². The second-order valence-electron chi connectivity index (χ2n) is 14.2. The van der Waals surface area contributed by atoms with Gasteiger partial charge in [0.15, 0.2) is 5.78 Å². The van der Waals surface area contributed by atoms with E-state index >= 15 is 0 Å². The quantitative estimate of drug-likeness (QED) is 0.100. The van der Waals surface area contributed by atoms with Crippen molar-refractivity contribution >= 4 is 40.6 Å². The van der Waals surface area contributed by atoms with Crippen LogP contribution in [-0.2, 0) is 35.5 Å². The number of ether oxygens (including phenoxy) is 1. The maximum Gasteiger partial charge on any atom is 0.407 e. The number of nitrogens with one attached hydrogen (secondary N) is 2. The van der Waals surface area contributed by atoms with E-state index in [1.54, 1.807) is 23.0 Å². The molecule has 11 heteroatoms. The number of ketones is 1. The third-order valence-corrected chi connectivity index (χ3v) is 11.1. The molecule has 0 bridgehead atoms. The van der Waals surface area contributed by atoms with E-state index in [2.05, 4.69) is 53.7 Å². The van der Waals surface area contributed by atoms with Crippen LogP contribution in [0.15, 0.2) is 77.8 Å². The molecular formula is C40H51N5O4S2. The minimum Gasteiger partial charge on any atom is -0.444 e. The predicted molar refractivity (Wildman–Crippen MR) is 204 cm³/mol. The average molecular weight is 730 g/mol. The number of rotatable bonds is 19. The summed E-state index contributed by atoms with van der Waals surface area (Å²) in [5.41, 5.74) is 4.88. The van der Waals surface area contributed by atoms with Gasteiger partial charge in [0.25, 0.3) is 0 Å².